The van der Waals surface area contributed by atoms with Crippen LogP contribution in [0.3, 0.4) is 0 Å². The molecular formula is C24H33IN4O. The van der Waals surface area contributed by atoms with Crippen molar-refractivity contribution in [3.05, 3.63) is 70.8 Å². The van der Waals surface area contributed by atoms with Crippen LogP contribution >= 0.6 is 24.0 Å². The lowest BCUT2D eigenvalue weighted by molar-refractivity contribution is 0.0724. The summed E-state index contributed by atoms with van der Waals surface area (Å²) in [5.74, 6) is 0.917. The molecule has 5 nitrogen and oxygen atoms in total. The molecule has 0 aliphatic carbocycles. The van der Waals surface area contributed by atoms with E-state index >= 15 is 0 Å². The minimum Gasteiger partial charge on any atom is -0.352 e. The van der Waals surface area contributed by atoms with Gasteiger partial charge in [-0.25, -0.2) is 0 Å². The van der Waals surface area contributed by atoms with Gasteiger partial charge in [-0.3, -0.25) is 9.79 Å². The third kappa shape index (κ3) is 6.72. The van der Waals surface area contributed by atoms with Crippen molar-refractivity contribution in [2.45, 2.75) is 45.7 Å². The normalized spacial score (nSPS) is 14.1. The lowest BCUT2D eigenvalue weighted by Crippen LogP contribution is -2.36. The molecule has 0 radical (unpaired) electrons. The molecular weight excluding hydrogens is 487 g/mol. The van der Waals surface area contributed by atoms with E-state index < -0.39 is 0 Å². The Hall–Kier alpha value is -2.09. The monoisotopic (exact) mass is 520 g/mol. The molecule has 2 N–H and O–H groups in total. The molecule has 1 amide bonds. The van der Waals surface area contributed by atoms with Gasteiger partial charge in [-0.15, -0.1) is 24.0 Å². The van der Waals surface area contributed by atoms with E-state index in [0.29, 0.717) is 6.54 Å². The van der Waals surface area contributed by atoms with E-state index in [9.17, 15) is 4.79 Å². The lowest BCUT2D eigenvalue weighted by atomic mass is 10.1. The molecule has 0 spiro atoms. The number of halogens is 1. The first-order chi connectivity index (χ1) is 14.2. The van der Waals surface area contributed by atoms with Crippen molar-refractivity contribution in [1.29, 1.82) is 0 Å². The summed E-state index contributed by atoms with van der Waals surface area (Å²) < 4.78 is 0. The van der Waals surface area contributed by atoms with Gasteiger partial charge in [0.15, 0.2) is 5.96 Å². The van der Waals surface area contributed by atoms with E-state index in [1.54, 1.807) is 7.05 Å². The Labute approximate surface area is 197 Å². The topological polar surface area (TPSA) is 56.7 Å². The van der Waals surface area contributed by atoms with Gasteiger partial charge in [0.25, 0.3) is 5.91 Å². The quantitative estimate of drug-likeness (QED) is 0.338. The average Bonchev–Trinajstić information content (AvgIpc) is 2.80. The Bertz CT molecular complexity index is 829. The molecule has 162 valence electrons. The summed E-state index contributed by atoms with van der Waals surface area (Å²) in [5, 5.41) is 6.73. The Morgan fingerprint density at radius 3 is 2.20 bits per heavy atom. The van der Waals surface area contributed by atoms with Gasteiger partial charge in [-0.2, -0.15) is 0 Å². The highest BCUT2D eigenvalue weighted by Crippen LogP contribution is 2.14. The van der Waals surface area contributed by atoms with Gasteiger partial charge in [0.2, 0.25) is 0 Å². The van der Waals surface area contributed by atoms with Crippen LogP contribution in [0.5, 0.6) is 0 Å². The number of guanidine groups is 1. The first-order valence-electron chi connectivity index (χ1n) is 10.6. The number of aryl methyl sites for hydroxylation is 1. The standard InChI is InChI=1S/C24H32N4O.HI/c1-3-20-9-5-6-10-22(20)18-27-24(25-2)26-17-19-11-13-21(14-12-19)23(29)28-15-7-4-8-16-28;/h5-6,9-14H,3-4,7-8,15-18H2,1-2H3,(H2,25,26,27);1H. The number of carbonyl (C=O) groups is 1. The van der Waals surface area contributed by atoms with Crippen LogP contribution in [0.25, 0.3) is 0 Å². The second-order valence-corrected chi connectivity index (χ2v) is 7.45. The van der Waals surface area contributed by atoms with E-state index in [1.165, 1.54) is 17.5 Å². The molecule has 0 atom stereocenters. The fourth-order valence-corrected chi connectivity index (χ4v) is 3.70. The maximum atomic E-state index is 12.6. The molecule has 1 heterocycles. The number of amides is 1. The highest BCUT2D eigenvalue weighted by Gasteiger charge is 2.17. The molecule has 0 aromatic heterocycles. The summed E-state index contributed by atoms with van der Waals surface area (Å²) in [6.07, 6.45) is 4.48. The van der Waals surface area contributed by atoms with E-state index in [4.69, 9.17) is 0 Å². The zero-order valence-electron chi connectivity index (χ0n) is 18.0. The van der Waals surface area contributed by atoms with Crippen molar-refractivity contribution in [3.8, 4) is 0 Å². The van der Waals surface area contributed by atoms with Crippen LogP contribution in [0.15, 0.2) is 53.5 Å². The van der Waals surface area contributed by atoms with Crippen molar-refractivity contribution < 1.29 is 4.79 Å². The third-order valence-electron chi connectivity index (χ3n) is 5.47. The van der Waals surface area contributed by atoms with E-state index in [1.807, 2.05) is 29.2 Å². The van der Waals surface area contributed by atoms with Crippen molar-refractivity contribution in [1.82, 2.24) is 15.5 Å². The van der Waals surface area contributed by atoms with E-state index in [0.717, 1.165) is 56.0 Å². The van der Waals surface area contributed by atoms with Crippen molar-refractivity contribution >= 4 is 35.8 Å². The van der Waals surface area contributed by atoms with Gasteiger partial charge in [0, 0.05) is 38.8 Å². The van der Waals surface area contributed by atoms with Gasteiger partial charge < -0.3 is 15.5 Å². The zero-order chi connectivity index (χ0) is 20.5. The van der Waals surface area contributed by atoms with Gasteiger partial charge in [0.1, 0.15) is 0 Å². The molecule has 2 aromatic carbocycles. The number of hydrogen-bond acceptors (Lipinski definition) is 2. The number of rotatable bonds is 6. The number of nitrogens with one attached hydrogen (secondary N) is 2. The Morgan fingerprint density at radius 1 is 0.933 bits per heavy atom. The predicted octanol–water partition coefficient (Wildman–Crippen LogP) is 4.36. The highest BCUT2D eigenvalue weighted by molar-refractivity contribution is 14.0. The summed E-state index contributed by atoms with van der Waals surface area (Å²) in [5.41, 5.74) is 4.54. The average molecular weight is 520 g/mol. The summed E-state index contributed by atoms with van der Waals surface area (Å²) in [7, 11) is 1.78. The van der Waals surface area contributed by atoms with Crippen LogP contribution in [0.2, 0.25) is 0 Å². The van der Waals surface area contributed by atoms with Gasteiger partial charge in [0.05, 0.1) is 0 Å². The summed E-state index contributed by atoms with van der Waals surface area (Å²) in [4.78, 5) is 18.9. The van der Waals surface area contributed by atoms with Crippen LogP contribution < -0.4 is 10.6 Å². The number of carbonyl (C=O) groups excluding carboxylic acids is 1. The molecule has 1 fully saturated rings. The van der Waals surface area contributed by atoms with Crippen LogP contribution in [-0.4, -0.2) is 36.9 Å². The number of aliphatic imine (C=N–C) groups is 1. The van der Waals surface area contributed by atoms with Crippen LogP contribution in [0, 0.1) is 0 Å². The third-order valence-corrected chi connectivity index (χ3v) is 5.47. The van der Waals surface area contributed by atoms with Crippen molar-refractivity contribution in [3.63, 3.8) is 0 Å². The van der Waals surface area contributed by atoms with Gasteiger partial charge >= 0.3 is 0 Å². The molecule has 6 heteroatoms. The summed E-state index contributed by atoms with van der Waals surface area (Å²) in [6, 6.07) is 16.4. The Morgan fingerprint density at radius 2 is 1.57 bits per heavy atom. The number of hydrogen-bond donors (Lipinski definition) is 2. The van der Waals surface area contributed by atoms with Crippen LogP contribution in [0.4, 0.5) is 0 Å². The van der Waals surface area contributed by atoms with Gasteiger partial charge in [-0.05, 0) is 54.5 Å². The first-order valence-corrected chi connectivity index (χ1v) is 10.6. The fourth-order valence-electron chi connectivity index (χ4n) is 3.70. The summed E-state index contributed by atoms with van der Waals surface area (Å²) in [6.45, 7) is 5.34. The molecule has 3 rings (SSSR count). The number of nitrogens with zero attached hydrogens (tertiary/aromatic N) is 2. The van der Waals surface area contributed by atoms with Crippen molar-refractivity contribution in [2.75, 3.05) is 20.1 Å². The molecule has 30 heavy (non-hydrogen) atoms. The highest BCUT2D eigenvalue weighted by atomic mass is 127. The molecule has 1 aliphatic heterocycles. The zero-order valence-corrected chi connectivity index (χ0v) is 20.3. The lowest BCUT2D eigenvalue weighted by Gasteiger charge is -2.26. The number of piperidine rings is 1. The molecule has 0 bridgehead atoms. The van der Waals surface area contributed by atoms with Crippen LogP contribution in [-0.2, 0) is 19.5 Å². The van der Waals surface area contributed by atoms with Crippen molar-refractivity contribution in [2.24, 2.45) is 4.99 Å². The SMILES string of the molecule is CCc1ccccc1CNC(=NC)NCc1ccc(C(=O)N2CCCCC2)cc1.I. The Kier molecular flexibility index (Phi) is 10.1. The number of likely N-dealkylation sites (tertiary alicyclic amines) is 1. The van der Waals surface area contributed by atoms with Gasteiger partial charge in [-0.1, -0.05) is 43.3 Å². The van der Waals surface area contributed by atoms with E-state index in [2.05, 4.69) is 46.8 Å². The molecule has 1 saturated heterocycles. The summed E-state index contributed by atoms with van der Waals surface area (Å²) >= 11 is 0. The first kappa shape index (κ1) is 24.2. The van der Waals surface area contributed by atoms with Crippen LogP contribution in [0.1, 0.15) is 53.2 Å². The Balaban J connectivity index is 0.00000320. The minimum atomic E-state index is 0. The molecule has 1 aliphatic rings. The predicted molar refractivity (Wildman–Crippen MR) is 134 cm³/mol. The maximum Gasteiger partial charge on any atom is 0.253 e. The maximum absolute atomic E-state index is 12.6. The number of benzene rings is 2. The fraction of sp³-hybridized carbons (Fsp3) is 0.417. The second kappa shape index (κ2) is 12.6. The largest absolute Gasteiger partial charge is 0.352 e. The second-order valence-electron chi connectivity index (χ2n) is 7.45. The molecule has 2 aromatic rings. The molecule has 0 unspecified atom stereocenters. The molecule has 0 saturated carbocycles. The smallest absolute Gasteiger partial charge is 0.253 e. The van der Waals surface area contributed by atoms with E-state index in [-0.39, 0.29) is 29.9 Å². The minimum absolute atomic E-state index is 0.